The molecule has 11 heteroatoms. The van der Waals surface area contributed by atoms with Gasteiger partial charge in [0.1, 0.15) is 6.04 Å². The number of carbonyl (C=O) groups is 3. The van der Waals surface area contributed by atoms with Crippen LogP contribution in [0, 0.1) is 0 Å². The number of benzene rings is 2. The van der Waals surface area contributed by atoms with Crippen molar-refractivity contribution in [3.63, 3.8) is 0 Å². The SMILES string of the molecule is CC(=O)O.CCOC(=O)C1=C(C)N=c2sc(=Cc3ccc(C(=O)OC)cc3)c(=O)n2C1c1ccccc1Cl. The van der Waals surface area contributed by atoms with E-state index < -0.39 is 23.9 Å². The number of rotatable bonds is 5. The number of carbonyl (C=O) groups excluding carboxylic acids is 2. The molecule has 0 aliphatic carbocycles. The molecule has 0 saturated carbocycles. The Labute approximate surface area is 226 Å². The van der Waals surface area contributed by atoms with Gasteiger partial charge in [0.05, 0.1) is 35.1 Å². The monoisotopic (exact) mass is 556 g/mol. The summed E-state index contributed by atoms with van der Waals surface area (Å²) >= 11 is 7.71. The first-order valence-electron chi connectivity index (χ1n) is 11.4. The standard InChI is InChI=1S/C25H21ClN2O5S.C2H4O2/c1-4-33-24(31)20-14(2)27-25-28(21(20)17-7-5-6-8-18(17)26)22(29)19(34-25)13-15-9-11-16(12-10-15)23(30)32-3;1-2(3)4/h5-13,21H,4H2,1-3H3;1H3,(H,3,4). The Hall–Kier alpha value is -4.02. The first-order chi connectivity index (χ1) is 18.1. The zero-order valence-corrected chi connectivity index (χ0v) is 22.6. The number of methoxy groups -OCH3 is 1. The number of aromatic nitrogens is 1. The van der Waals surface area contributed by atoms with Crippen LogP contribution in [0.25, 0.3) is 6.08 Å². The van der Waals surface area contributed by atoms with Crippen LogP contribution in [0.4, 0.5) is 0 Å². The number of hydrogen-bond donors (Lipinski definition) is 1. The van der Waals surface area contributed by atoms with Crippen molar-refractivity contribution < 1.29 is 29.0 Å². The number of nitrogens with zero attached hydrogens (tertiary/aromatic N) is 2. The molecule has 1 aromatic heterocycles. The highest BCUT2D eigenvalue weighted by Crippen LogP contribution is 2.34. The number of aliphatic carboxylic acids is 1. The largest absolute Gasteiger partial charge is 0.481 e. The van der Waals surface area contributed by atoms with Crippen LogP contribution >= 0.6 is 22.9 Å². The van der Waals surface area contributed by atoms with Gasteiger partial charge in [0, 0.05) is 11.9 Å². The van der Waals surface area contributed by atoms with Gasteiger partial charge in [0.15, 0.2) is 4.80 Å². The molecule has 0 bridgehead atoms. The Morgan fingerprint density at radius 3 is 2.34 bits per heavy atom. The van der Waals surface area contributed by atoms with Crippen LogP contribution in [-0.2, 0) is 19.1 Å². The molecule has 0 fully saturated rings. The zero-order chi connectivity index (χ0) is 28.0. The van der Waals surface area contributed by atoms with Crippen molar-refractivity contribution in [3.05, 3.63) is 101 Å². The summed E-state index contributed by atoms with van der Waals surface area (Å²) in [5, 5.41) is 7.84. The summed E-state index contributed by atoms with van der Waals surface area (Å²) < 4.78 is 11.9. The predicted octanol–water partition coefficient (Wildman–Crippen LogP) is 3.33. The molecule has 1 aliphatic rings. The van der Waals surface area contributed by atoms with Gasteiger partial charge in [-0.25, -0.2) is 14.6 Å². The molecule has 2 heterocycles. The second kappa shape index (κ2) is 12.5. The van der Waals surface area contributed by atoms with Crippen molar-refractivity contribution in [3.8, 4) is 0 Å². The molecule has 1 atom stereocenters. The molecule has 4 rings (SSSR count). The van der Waals surface area contributed by atoms with E-state index in [4.69, 9.17) is 31.0 Å². The molecule has 38 heavy (non-hydrogen) atoms. The Bertz CT molecular complexity index is 1580. The third-order valence-electron chi connectivity index (χ3n) is 5.35. The molecule has 9 nitrogen and oxygen atoms in total. The summed E-state index contributed by atoms with van der Waals surface area (Å²) in [6.45, 7) is 4.72. The van der Waals surface area contributed by atoms with E-state index in [2.05, 4.69) is 4.99 Å². The predicted molar refractivity (Wildman–Crippen MR) is 143 cm³/mol. The number of allylic oxidation sites excluding steroid dienone is 1. The number of thiazole rings is 1. The molecule has 0 radical (unpaired) electrons. The Morgan fingerprint density at radius 1 is 1.13 bits per heavy atom. The van der Waals surface area contributed by atoms with Crippen LogP contribution in [0.2, 0.25) is 5.02 Å². The second-order valence-electron chi connectivity index (χ2n) is 7.96. The summed E-state index contributed by atoms with van der Waals surface area (Å²) in [6, 6.07) is 13.0. The van der Waals surface area contributed by atoms with E-state index >= 15 is 0 Å². The lowest BCUT2D eigenvalue weighted by molar-refractivity contribution is -0.139. The maximum Gasteiger partial charge on any atom is 0.338 e. The van der Waals surface area contributed by atoms with Crippen LogP contribution in [0.3, 0.4) is 0 Å². The number of halogens is 1. The number of carboxylic acids is 1. The fourth-order valence-corrected chi connectivity index (χ4v) is 5.05. The van der Waals surface area contributed by atoms with E-state index in [0.29, 0.717) is 31.2 Å². The smallest absolute Gasteiger partial charge is 0.338 e. The van der Waals surface area contributed by atoms with Crippen molar-refractivity contribution >= 4 is 46.9 Å². The highest BCUT2D eigenvalue weighted by molar-refractivity contribution is 7.07. The van der Waals surface area contributed by atoms with Gasteiger partial charge in [0.2, 0.25) is 0 Å². The van der Waals surface area contributed by atoms with Gasteiger partial charge in [-0.2, -0.15) is 0 Å². The number of fused-ring (bicyclic) bond motifs is 1. The van der Waals surface area contributed by atoms with Crippen molar-refractivity contribution in [1.29, 1.82) is 0 Å². The fraction of sp³-hybridized carbons (Fsp3) is 0.222. The van der Waals surface area contributed by atoms with E-state index in [-0.39, 0.29) is 17.7 Å². The summed E-state index contributed by atoms with van der Waals surface area (Å²) in [5.74, 6) is -1.81. The maximum absolute atomic E-state index is 13.6. The Kier molecular flexibility index (Phi) is 9.38. The lowest BCUT2D eigenvalue weighted by Crippen LogP contribution is -2.40. The first kappa shape index (κ1) is 28.5. The Morgan fingerprint density at radius 2 is 1.76 bits per heavy atom. The highest BCUT2D eigenvalue weighted by Gasteiger charge is 2.34. The first-order valence-corrected chi connectivity index (χ1v) is 12.6. The minimum atomic E-state index is -0.833. The summed E-state index contributed by atoms with van der Waals surface area (Å²) in [6.07, 6.45) is 1.72. The minimum absolute atomic E-state index is 0.191. The third-order valence-corrected chi connectivity index (χ3v) is 6.67. The van der Waals surface area contributed by atoms with Crippen LogP contribution in [0.5, 0.6) is 0 Å². The van der Waals surface area contributed by atoms with Gasteiger partial charge in [-0.05, 0) is 49.2 Å². The minimum Gasteiger partial charge on any atom is -0.481 e. The lowest BCUT2D eigenvalue weighted by atomic mass is 9.96. The molecule has 198 valence electrons. The van der Waals surface area contributed by atoms with Crippen LogP contribution in [0.1, 0.15) is 48.3 Å². The lowest BCUT2D eigenvalue weighted by Gasteiger charge is -2.25. The van der Waals surface area contributed by atoms with Gasteiger partial charge >= 0.3 is 11.9 Å². The molecule has 1 unspecified atom stereocenters. The topological polar surface area (TPSA) is 124 Å². The average Bonchev–Trinajstić information content (AvgIpc) is 3.17. The van der Waals surface area contributed by atoms with Crippen LogP contribution in [0.15, 0.2) is 69.6 Å². The van der Waals surface area contributed by atoms with E-state index in [9.17, 15) is 14.4 Å². The van der Waals surface area contributed by atoms with E-state index in [1.165, 1.54) is 23.0 Å². The van der Waals surface area contributed by atoms with E-state index in [1.807, 2.05) is 0 Å². The molecular weight excluding hydrogens is 532 g/mol. The van der Waals surface area contributed by atoms with Crippen molar-refractivity contribution in [2.24, 2.45) is 4.99 Å². The summed E-state index contributed by atoms with van der Waals surface area (Å²) in [4.78, 5) is 52.1. The molecule has 3 aromatic rings. The fourth-order valence-electron chi connectivity index (χ4n) is 3.77. The number of esters is 2. The van der Waals surface area contributed by atoms with Crippen molar-refractivity contribution in [2.45, 2.75) is 26.8 Å². The second-order valence-corrected chi connectivity index (χ2v) is 9.37. The van der Waals surface area contributed by atoms with Gasteiger partial charge in [-0.3, -0.25) is 14.2 Å². The average molecular weight is 557 g/mol. The molecule has 1 N–H and O–H groups in total. The van der Waals surface area contributed by atoms with Crippen molar-refractivity contribution in [2.75, 3.05) is 13.7 Å². The molecule has 0 spiro atoms. The summed E-state index contributed by atoms with van der Waals surface area (Å²) in [7, 11) is 1.32. The maximum atomic E-state index is 13.6. The quantitative estimate of drug-likeness (QED) is 0.478. The van der Waals surface area contributed by atoms with Crippen LogP contribution < -0.4 is 14.9 Å². The Balaban J connectivity index is 0.000000934. The molecule has 0 saturated heterocycles. The van der Waals surface area contributed by atoms with Crippen molar-refractivity contribution in [1.82, 2.24) is 4.57 Å². The van der Waals surface area contributed by atoms with Gasteiger partial charge in [-0.15, -0.1) is 0 Å². The van der Waals surface area contributed by atoms with Gasteiger partial charge < -0.3 is 14.6 Å². The highest BCUT2D eigenvalue weighted by atomic mass is 35.5. The van der Waals surface area contributed by atoms with Crippen LogP contribution in [-0.4, -0.2) is 41.3 Å². The number of carboxylic acid groups (broad SMARTS) is 1. The summed E-state index contributed by atoms with van der Waals surface area (Å²) in [5.41, 5.74) is 2.19. The van der Waals surface area contributed by atoms with E-state index in [0.717, 1.165) is 12.5 Å². The normalized spacial score (nSPS) is 14.6. The molecule has 1 aliphatic heterocycles. The zero-order valence-electron chi connectivity index (χ0n) is 21.1. The number of ether oxygens (including phenoxy) is 2. The van der Waals surface area contributed by atoms with Gasteiger partial charge in [0.25, 0.3) is 11.5 Å². The third kappa shape index (κ3) is 6.27. The molecular formula is C27H25ClN2O7S. The molecule has 2 aromatic carbocycles. The number of hydrogen-bond acceptors (Lipinski definition) is 8. The van der Waals surface area contributed by atoms with Gasteiger partial charge in [-0.1, -0.05) is 53.3 Å². The van der Waals surface area contributed by atoms with E-state index in [1.54, 1.807) is 68.5 Å². The molecule has 0 amide bonds.